The quantitative estimate of drug-likeness (QED) is 0.721. The number of rotatable bonds is 5. The van der Waals surface area contributed by atoms with Gasteiger partial charge in [-0.1, -0.05) is 6.07 Å². The lowest BCUT2D eigenvalue weighted by Gasteiger charge is -2.14. The maximum atomic E-state index is 10.6. The fourth-order valence-corrected chi connectivity index (χ4v) is 2.21. The number of carbonyl (C=O) groups excluding carboxylic acids is 1. The van der Waals surface area contributed by atoms with Crippen molar-refractivity contribution in [2.45, 2.75) is 31.3 Å². The van der Waals surface area contributed by atoms with E-state index in [1.807, 2.05) is 18.2 Å². The molecule has 1 fully saturated rings. The molecule has 0 bridgehead atoms. The van der Waals surface area contributed by atoms with Gasteiger partial charge in [-0.05, 0) is 31.4 Å². The Bertz CT molecular complexity index is 422. The van der Waals surface area contributed by atoms with Gasteiger partial charge < -0.3 is 21.5 Å². The van der Waals surface area contributed by atoms with E-state index >= 15 is 0 Å². The Balaban J connectivity index is 1.92. The third-order valence-electron chi connectivity index (χ3n) is 3.06. The summed E-state index contributed by atoms with van der Waals surface area (Å²) in [5.74, 6) is 0.163. The zero-order valence-electron chi connectivity index (χ0n) is 10.3. The van der Waals surface area contributed by atoms with Gasteiger partial charge in [0.1, 0.15) is 5.75 Å². The summed E-state index contributed by atoms with van der Waals surface area (Å²) in [4.78, 5) is 10.6. The molecule has 18 heavy (non-hydrogen) atoms. The molecule has 0 spiro atoms. The molecule has 5 nitrogen and oxygen atoms in total. The van der Waals surface area contributed by atoms with Crippen LogP contribution in [0.1, 0.15) is 19.3 Å². The number of primary amides is 1. The summed E-state index contributed by atoms with van der Waals surface area (Å²) >= 11 is 0. The zero-order valence-corrected chi connectivity index (χ0v) is 10.3. The van der Waals surface area contributed by atoms with E-state index in [0.717, 1.165) is 24.9 Å². The average Bonchev–Trinajstić information content (AvgIpc) is 2.73. The van der Waals surface area contributed by atoms with Gasteiger partial charge in [0.2, 0.25) is 0 Å². The lowest BCUT2D eigenvalue weighted by molar-refractivity contribution is -0.119. The van der Waals surface area contributed by atoms with Gasteiger partial charge >= 0.3 is 0 Å². The van der Waals surface area contributed by atoms with Crippen LogP contribution in [0.25, 0.3) is 0 Å². The van der Waals surface area contributed by atoms with E-state index in [1.54, 1.807) is 6.07 Å². The van der Waals surface area contributed by atoms with Crippen molar-refractivity contribution >= 4 is 11.6 Å². The van der Waals surface area contributed by atoms with Crippen LogP contribution in [-0.4, -0.2) is 24.6 Å². The van der Waals surface area contributed by atoms with Gasteiger partial charge in [0.15, 0.2) is 6.61 Å². The minimum atomic E-state index is -0.477. The van der Waals surface area contributed by atoms with Crippen LogP contribution in [0.3, 0.4) is 0 Å². The molecule has 1 aliphatic rings. The molecule has 1 amide bonds. The van der Waals surface area contributed by atoms with Crippen LogP contribution in [0, 0.1) is 0 Å². The number of nitrogens with one attached hydrogen (secondary N) is 1. The van der Waals surface area contributed by atoms with E-state index in [2.05, 4.69) is 5.32 Å². The molecular weight excluding hydrogens is 230 g/mol. The number of amides is 1. The molecule has 0 radical (unpaired) electrons. The first-order valence-corrected chi connectivity index (χ1v) is 6.17. The summed E-state index contributed by atoms with van der Waals surface area (Å²) in [6.45, 7) is -0.0994. The van der Waals surface area contributed by atoms with Crippen molar-refractivity contribution < 1.29 is 9.53 Å². The first-order chi connectivity index (χ1) is 8.63. The van der Waals surface area contributed by atoms with E-state index < -0.39 is 5.91 Å². The minimum absolute atomic E-state index is 0.0994. The van der Waals surface area contributed by atoms with Crippen molar-refractivity contribution in [3.8, 4) is 5.75 Å². The molecule has 2 atom stereocenters. The Labute approximate surface area is 106 Å². The van der Waals surface area contributed by atoms with Gasteiger partial charge in [0, 0.05) is 23.8 Å². The largest absolute Gasteiger partial charge is 0.484 e. The van der Waals surface area contributed by atoms with Crippen LogP contribution in [-0.2, 0) is 4.79 Å². The number of hydrogen-bond donors (Lipinski definition) is 3. The molecule has 1 aliphatic carbocycles. The van der Waals surface area contributed by atoms with Crippen LogP contribution in [0.5, 0.6) is 5.75 Å². The number of nitrogens with two attached hydrogens (primary N) is 2. The van der Waals surface area contributed by atoms with Gasteiger partial charge in [-0.15, -0.1) is 0 Å². The number of ether oxygens (including phenoxy) is 1. The minimum Gasteiger partial charge on any atom is -0.484 e. The highest BCUT2D eigenvalue weighted by Crippen LogP contribution is 2.24. The second-order valence-corrected chi connectivity index (χ2v) is 4.70. The van der Waals surface area contributed by atoms with Crippen molar-refractivity contribution in [3.63, 3.8) is 0 Å². The Morgan fingerprint density at radius 3 is 2.94 bits per heavy atom. The summed E-state index contributed by atoms with van der Waals surface area (Å²) in [5, 5.41) is 3.42. The maximum Gasteiger partial charge on any atom is 0.255 e. The van der Waals surface area contributed by atoms with Gasteiger partial charge in [0.25, 0.3) is 5.91 Å². The normalized spacial score (nSPS) is 22.7. The Kier molecular flexibility index (Phi) is 4.04. The lowest BCUT2D eigenvalue weighted by Crippen LogP contribution is -2.21. The van der Waals surface area contributed by atoms with E-state index in [-0.39, 0.29) is 6.61 Å². The fraction of sp³-hybridized carbons (Fsp3) is 0.462. The van der Waals surface area contributed by atoms with E-state index in [9.17, 15) is 4.79 Å². The lowest BCUT2D eigenvalue weighted by atomic mass is 10.2. The van der Waals surface area contributed by atoms with E-state index in [4.69, 9.17) is 16.2 Å². The van der Waals surface area contributed by atoms with Crippen molar-refractivity contribution in [2.24, 2.45) is 11.5 Å². The highest BCUT2D eigenvalue weighted by Gasteiger charge is 2.21. The number of benzene rings is 1. The smallest absolute Gasteiger partial charge is 0.255 e. The monoisotopic (exact) mass is 249 g/mol. The summed E-state index contributed by atoms with van der Waals surface area (Å²) in [5.41, 5.74) is 11.9. The SMILES string of the molecule is NC(=O)COc1cccc(NC2CCC(N)C2)c1. The molecule has 5 heteroatoms. The van der Waals surface area contributed by atoms with Gasteiger partial charge in [0.05, 0.1) is 0 Å². The molecule has 0 aromatic heterocycles. The summed E-state index contributed by atoms with van der Waals surface area (Å²) in [7, 11) is 0. The molecule has 1 aromatic rings. The Morgan fingerprint density at radius 2 is 2.28 bits per heavy atom. The van der Waals surface area contributed by atoms with Crippen LogP contribution < -0.4 is 21.5 Å². The topological polar surface area (TPSA) is 90.4 Å². The molecule has 1 aromatic carbocycles. The van der Waals surface area contributed by atoms with Crippen molar-refractivity contribution in [1.82, 2.24) is 0 Å². The van der Waals surface area contributed by atoms with Crippen molar-refractivity contribution in [1.29, 1.82) is 0 Å². The molecule has 98 valence electrons. The maximum absolute atomic E-state index is 10.6. The van der Waals surface area contributed by atoms with Gasteiger partial charge in [-0.2, -0.15) is 0 Å². The number of anilines is 1. The second kappa shape index (κ2) is 5.73. The van der Waals surface area contributed by atoms with Crippen LogP contribution in [0.4, 0.5) is 5.69 Å². The molecule has 2 unspecified atom stereocenters. The molecular formula is C13H19N3O2. The summed E-state index contributed by atoms with van der Waals surface area (Å²) in [6.07, 6.45) is 3.15. The van der Waals surface area contributed by atoms with Crippen LogP contribution in [0.15, 0.2) is 24.3 Å². The first-order valence-electron chi connectivity index (χ1n) is 6.17. The Morgan fingerprint density at radius 1 is 1.44 bits per heavy atom. The predicted octanol–water partition coefficient (Wildman–Crippen LogP) is 0.842. The number of hydrogen-bond acceptors (Lipinski definition) is 4. The van der Waals surface area contributed by atoms with E-state index in [0.29, 0.717) is 17.8 Å². The second-order valence-electron chi connectivity index (χ2n) is 4.70. The summed E-state index contributed by atoms with van der Waals surface area (Å²) in [6, 6.07) is 8.25. The average molecular weight is 249 g/mol. The third kappa shape index (κ3) is 3.63. The molecule has 5 N–H and O–H groups in total. The van der Waals surface area contributed by atoms with Gasteiger partial charge in [-0.25, -0.2) is 0 Å². The highest BCUT2D eigenvalue weighted by molar-refractivity contribution is 5.75. The third-order valence-corrected chi connectivity index (χ3v) is 3.06. The zero-order chi connectivity index (χ0) is 13.0. The van der Waals surface area contributed by atoms with Gasteiger partial charge in [-0.3, -0.25) is 4.79 Å². The van der Waals surface area contributed by atoms with Crippen molar-refractivity contribution in [2.75, 3.05) is 11.9 Å². The standard InChI is InChI=1S/C13H19N3O2/c14-9-4-5-11(6-9)16-10-2-1-3-12(7-10)18-8-13(15)17/h1-3,7,9,11,16H,4-6,8,14H2,(H2,15,17). The molecule has 1 saturated carbocycles. The molecule has 2 rings (SSSR count). The highest BCUT2D eigenvalue weighted by atomic mass is 16.5. The molecule has 0 saturated heterocycles. The molecule has 0 aliphatic heterocycles. The van der Waals surface area contributed by atoms with Crippen molar-refractivity contribution in [3.05, 3.63) is 24.3 Å². The predicted molar refractivity (Wildman–Crippen MR) is 70.4 cm³/mol. The Hall–Kier alpha value is -1.75. The fourth-order valence-electron chi connectivity index (χ4n) is 2.21. The number of carbonyl (C=O) groups is 1. The van der Waals surface area contributed by atoms with Crippen LogP contribution in [0.2, 0.25) is 0 Å². The van der Waals surface area contributed by atoms with E-state index in [1.165, 1.54) is 0 Å². The molecule has 0 heterocycles. The van der Waals surface area contributed by atoms with Crippen LogP contribution >= 0.6 is 0 Å². The first kappa shape index (κ1) is 12.7. The summed E-state index contributed by atoms with van der Waals surface area (Å²) < 4.78 is 5.25.